The van der Waals surface area contributed by atoms with E-state index in [1.54, 1.807) is 18.3 Å². The number of aliphatic imine (C=N–C) groups is 1. The summed E-state index contributed by atoms with van der Waals surface area (Å²) in [6.07, 6.45) is 1.75. The lowest BCUT2D eigenvalue weighted by molar-refractivity contribution is -0.384. The lowest BCUT2D eigenvalue weighted by Gasteiger charge is -2.29. The van der Waals surface area contributed by atoms with Crippen LogP contribution in [0.25, 0.3) is 0 Å². The number of ether oxygens (including phenoxy) is 1. The Morgan fingerprint density at radius 3 is 2.25 bits per heavy atom. The van der Waals surface area contributed by atoms with Crippen LogP contribution >= 0.6 is 0 Å². The zero-order valence-electron chi connectivity index (χ0n) is 19.5. The van der Waals surface area contributed by atoms with Gasteiger partial charge in [0.2, 0.25) is 0 Å². The third-order valence-corrected chi connectivity index (χ3v) is 5.31. The summed E-state index contributed by atoms with van der Waals surface area (Å²) in [6.45, 7) is 13.8. The van der Waals surface area contributed by atoms with Crippen LogP contribution in [0.4, 0.5) is 22.7 Å². The van der Waals surface area contributed by atoms with Gasteiger partial charge in [-0.2, -0.15) is 0 Å². The van der Waals surface area contributed by atoms with Crippen LogP contribution in [0.2, 0.25) is 0 Å². The Bertz CT molecular complexity index is 909. The van der Waals surface area contributed by atoms with E-state index < -0.39 is 0 Å². The van der Waals surface area contributed by atoms with Crippen molar-refractivity contribution in [3.8, 4) is 0 Å². The van der Waals surface area contributed by atoms with E-state index in [2.05, 4.69) is 54.6 Å². The molecule has 0 spiro atoms. The van der Waals surface area contributed by atoms with Crippen molar-refractivity contribution in [2.75, 3.05) is 49.2 Å². The standard InChI is InChI=1S/C25H34N4O3/c1-19(2)17-28(18-20(3)4)25-10-9-24(29(30)31)15-21(25)16-26-22-5-7-23(8-6-22)27-11-13-32-14-12-27/h5-10,15-16,19-20H,11-14,17-18H2,1-4H3. The summed E-state index contributed by atoms with van der Waals surface area (Å²) in [5.41, 5.74) is 3.79. The van der Waals surface area contributed by atoms with Gasteiger partial charge >= 0.3 is 0 Å². The van der Waals surface area contributed by atoms with Gasteiger partial charge in [-0.3, -0.25) is 15.1 Å². The number of hydrogen-bond donors (Lipinski definition) is 0. The maximum Gasteiger partial charge on any atom is 0.270 e. The van der Waals surface area contributed by atoms with E-state index in [0.29, 0.717) is 11.8 Å². The molecule has 0 bridgehead atoms. The van der Waals surface area contributed by atoms with Crippen molar-refractivity contribution in [1.29, 1.82) is 0 Å². The van der Waals surface area contributed by atoms with E-state index in [4.69, 9.17) is 4.74 Å². The second kappa shape index (κ2) is 11.1. The smallest absolute Gasteiger partial charge is 0.270 e. The summed E-state index contributed by atoms with van der Waals surface area (Å²) in [4.78, 5) is 20.3. The first-order chi connectivity index (χ1) is 15.3. The van der Waals surface area contributed by atoms with E-state index in [-0.39, 0.29) is 10.6 Å². The van der Waals surface area contributed by atoms with Gasteiger partial charge in [0, 0.05) is 61.5 Å². The first kappa shape index (κ1) is 23.7. The van der Waals surface area contributed by atoms with Gasteiger partial charge in [0.15, 0.2) is 0 Å². The highest BCUT2D eigenvalue weighted by atomic mass is 16.6. The first-order valence-corrected chi connectivity index (χ1v) is 11.3. The number of benzene rings is 2. The lowest BCUT2D eigenvalue weighted by Crippen LogP contribution is -2.36. The van der Waals surface area contributed by atoms with Crippen LogP contribution in [0.5, 0.6) is 0 Å². The van der Waals surface area contributed by atoms with E-state index in [1.807, 2.05) is 18.2 Å². The molecule has 0 unspecified atom stereocenters. The maximum absolute atomic E-state index is 11.4. The lowest BCUT2D eigenvalue weighted by atomic mass is 10.1. The summed E-state index contributed by atoms with van der Waals surface area (Å²) in [5, 5.41) is 11.4. The zero-order valence-corrected chi connectivity index (χ0v) is 19.5. The minimum atomic E-state index is -0.354. The molecule has 3 rings (SSSR count). The molecule has 0 aromatic heterocycles. The van der Waals surface area contributed by atoms with E-state index in [1.165, 1.54) is 0 Å². The zero-order chi connectivity index (χ0) is 23.1. The van der Waals surface area contributed by atoms with Gasteiger partial charge in [0.1, 0.15) is 0 Å². The molecule has 172 valence electrons. The van der Waals surface area contributed by atoms with Gasteiger partial charge in [0.25, 0.3) is 5.69 Å². The predicted molar refractivity (Wildman–Crippen MR) is 132 cm³/mol. The molecule has 2 aromatic carbocycles. The predicted octanol–water partition coefficient (Wildman–Crippen LogP) is 5.30. The van der Waals surface area contributed by atoms with Crippen molar-refractivity contribution in [3.05, 3.63) is 58.1 Å². The molecule has 7 nitrogen and oxygen atoms in total. The number of rotatable bonds is 9. The van der Waals surface area contributed by atoms with Crippen LogP contribution in [0.15, 0.2) is 47.5 Å². The fraction of sp³-hybridized carbons (Fsp3) is 0.480. The van der Waals surface area contributed by atoms with Gasteiger partial charge in [-0.05, 0) is 42.2 Å². The third kappa shape index (κ3) is 6.53. The quantitative estimate of drug-likeness (QED) is 0.302. The number of nitrogens with zero attached hydrogens (tertiary/aromatic N) is 4. The molecule has 0 amide bonds. The van der Waals surface area contributed by atoms with Gasteiger partial charge in [0.05, 0.1) is 23.8 Å². The van der Waals surface area contributed by atoms with Crippen LogP contribution in [0.1, 0.15) is 33.3 Å². The minimum absolute atomic E-state index is 0.0758. The highest BCUT2D eigenvalue weighted by molar-refractivity contribution is 5.90. The normalized spacial score (nSPS) is 14.5. The molecule has 1 fully saturated rings. The molecule has 7 heteroatoms. The molecule has 1 heterocycles. The van der Waals surface area contributed by atoms with Crippen LogP contribution < -0.4 is 9.80 Å². The Morgan fingerprint density at radius 2 is 1.69 bits per heavy atom. The van der Waals surface area contributed by atoms with Crippen molar-refractivity contribution >= 4 is 29.0 Å². The Hall–Kier alpha value is -2.93. The summed E-state index contributed by atoms with van der Waals surface area (Å²) in [7, 11) is 0. The molecule has 1 aliphatic heterocycles. The summed E-state index contributed by atoms with van der Waals surface area (Å²) < 4.78 is 5.42. The van der Waals surface area contributed by atoms with E-state index in [9.17, 15) is 10.1 Å². The monoisotopic (exact) mass is 438 g/mol. The van der Waals surface area contributed by atoms with Crippen molar-refractivity contribution in [2.24, 2.45) is 16.8 Å². The highest BCUT2D eigenvalue weighted by Gasteiger charge is 2.17. The van der Waals surface area contributed by atoms with Crippen molar-refractivity contribution < 1.29 is 9.66 Å². The average Bonchev–Trinajstić information content (AvgIpc) is 2.77. The Kier molecular flexibility index (Phi) is 8.22. The van der Waals surface area contributed by atoms with Gasteiger partial charge < -0.3 is 14.5 Å². The number of hydrogen-bond acceptors (Lipinski definition) is 6. The van der Waals surface area contributed by atoms with Gasteiger partial charge in [-0.15, -0.1) is 0 Å². The SMILES string of the molecule is CC(C)CN(CC(C)C)c1ccc([N+](=O)[O-])cc1C=Nc1ccc(N2CCOCC2)cc1. The molecule has 32 heavy (non-hydrogen) atoms. The second-order valence-corrected chi connectivity index (χ2v) is 9.07. The second-order valence-electron chi connectivity index (χ2n) is 9.07. The van der Waals surface area contributed by atoms with Crippen LogP contribution in [-0.2, 0) is 4.74 Å². The van der Waals surface area contributed by atoms with E-state index in [0.717, 1.165) is 62.0 Å². The van der Waals surface area contributed by atoms with Crippen LogP contribution in [-0.4, -0.2) is 50.5 Å². The molecule has 0 radical (unpaired) electrons. The highest BCUT2D eigenvalue weighted by Crippen LogP contribution is 2.27. The van der Waals surface area contributed by atoms with Gasteiger partial charge in [-0.1, -0.05) is 27.7 Å². The Balaban J connectivity index is 1.88. The molecular formula is C25H34N4O3. The minimum Gasteiger partial charge on any atom is -0.378 e. The molecule has 1 aliphatic rings. The van der Waals surface area contributed by atoms with Crippen molar-refractivity contribution in [2.45, 2.75) is 27.7 Å². The number of nitro benzene ring substituents is 1. The van der Waals surface area contributed by atoms with Crippen molar-refractivity contribution in [3.63, 3.8) is 0 Å². The first-order valence-electron chi connectivity index (χ1n) is 11.3. The molecule has 0 saturated carbocycles. The largest absolute Gasteiger partial charge is 0.378 e. The molecule has 1 saturated heterocycles. The average molecular weight is 439 g/mol. The molecule has 0 N–H and O–H groups in total. The Morgan fingerprint density at radius 1 is 1.06 bits per heavy atom. The fourth-order valence-electron chi connectivity index (χ4n) is 3.91. The number of morpholine rings is 1. The van der Waals surface area contributed by atoms with E-state index >= 15 is 0 Å². The maximum atomic E-state index is 11.4. The number of non-ortho nitro benzene ring substituents is 1. The number of anilines is 2. The fourth-order valence-corrected chi connectivity index (χ4v) is 3.91. The summed E-state index contributed by atoms with van der Waals surface area (Å²) in [5.74, 6) is 0.947. The van der Waals surface area contributed by atoms with Crippen LogP contribution in [0.3, 0.4) is 0 Å². The Labute approximate surface area is 190 Å². The van der Waals surface area contributed by atoms with Crippen LogP contribution in [0, 0.1) is 22.0 Å². The molecule has 2 aromatic rings. The molecule has 0 aliphatic carbocycles. The third-order valence-electron chi connectivity index (χ3n) is 5.31. The molecule has 0 atom stereocenters. The van der Waals surface area contributed by atoms with Crippen molar-refractivity contribution in [1.82, 2.24) is 0 Å². The molecular weight excluding hydrogens is 404 g/mol. The topological polar surface area (TPSA) is 71.2 Å². The van der Waals surface area contributed by atoms with Gasteiger partial charge in [-0.25, -0.2) is 0 Å². The summed E-state index contributed by atoms with van der Waals surface area (Å²) >= 11 is 0. The summed E-state index contributed by atoms with van der Waals surface area (Å²) in [6, 6.07) is 13.2. The number of nitro groups is 1.